The van der Waals surface area contributed by atoms with Crippen molar-refractivity contribution in [3.05, 3.63) is 35.9 Å². The Bertz CT molecular complexity index is 597. The Morgan fingerprint density at radius 3 is 2.56 bits per heavy atom. The molecular weight excluding hydrogens is 322 g/mol. The highest BCUT2D eigenvalue weighted by atomic mass is 16.7. The molecule has 1 heterocycles. The average molecular weight is 349 g/mol. The molecular formula is C19H27NO5. The summed E-state index contributed by atoms with van der Waals surface area (Å²) in [6.07, 6.45) is -0.511. The van der Waals surface area contributed by atoms with Gasteiger partial charge in [0, 0.05) is 12.0 Å². The third-order valence-corrected chi connectivity index (χ3v) is 4.01. The van der Waals surface area contributed by atoms with Crippen LogP contribution in [0.2, 0.25) is 0 Å². The third kappa shape index (κ3) is 5.83. The van der Waals surface area contributed by atoms with E-state index in [2.05, 4.69) is 5.32 Å². The largest absolute Gasteiger partial charge is 0.461 e. The van der Waals surface area contributed by atoms with Crippen LogP contribution in [0.25, 0.3) is 0 Å². The highest BCUT2D eigenvalue weighted by Crippen LogP contribution is 2.34. The molecule has 0 radical (unpaired) electrons. The van der Waals surface area contributed by atoms with Gasteiger partial charge in [-0.1, -0.05) is 44.2 Å². The maximum absolute atomic E-state index is 12.4. The van der Waals surface area contributed by atoms with Crippen LogP contribution in [-0.2, 0) is 30.4 Å². The van der Waals surface area contributed by atoms with Crippen LogP contribution in [0, 0.1) is 5.41 Å². The lowest BCUT2D eigenvalue weighted by molar-refractivity contribution is -0.304. The number of rotatable bonds is 6. The van der Waals surface area contributed by atoms with E-state index in [4.69, 9.17) is 14.2 Å². The summed E-state index contributed by atoms with van der Waals surface area (Å²) in [5, 5.41) is 2.75. The van der Waals surface area contributed by atoms with Crippen molar-refractivity contribution in [3.63, 3.8) is 0 Å². The molecule has 1 fully saturated rings. The van der Waals surface area contributed by atoms with Gasteiger partial charge in [-0.15, -0.1) is 0 Å². The fourth-order valence-electron chi connectivity index (χ4n) is 2.51. The predicted octanol–water partition coefficient (Wildman–Crippen LogP) is 2.41. The minimum atomic E-state index is -0.799. The van der Waals surface area contributed by atoms with Gasteiger partial charge < -0.3 is 19.5 Å². The maximum Gasteiger partial charge on any atom is 0.307 e. The van der Waals surface area contributed by atoms with Gasteiger partial charge in [-0.3, -0.25) is 9.59 Å². The van der Waals surface area contributed by atoms with Gasteiger partial charge in [0.2, 0.25) is 5.91 Å². The number of hydrogen-bond acceptors (Lipinski definition) is 5. The molecule has 6 heteroatoms. The Morgan fingerprint density at radius 2 is 1.88 bits per heavy atom. The number of ether oxygens (including phenoxy) is 3. The number of benzene rings is 1. The molecule has 1 atom stereocenters. The van der Waals surface area contributed by atoms with Crippen LogP contribution >= 0.6 is 0 Å². The third-order valence-electron chi connectivity index (χ3n) is 4.01. The van der Waals surface area contributed by atoms with E-state index in [1.807, 2.05) is 44.2 Å². The Balaban J connectivity index is 1.74. The van der Waals surface area contributed by atoms with Gasteiger partial charge in [0.1, 0.15) is 12.7 Å². The van der Waals surface area contributed by atoms with Gasteiger partial charge in [-0.25, -0.2) is 0 Å². The Morgan fingerprint density at radius 1 is 1.20 bits per heavy atom. The first-order valence-corrected chi connectivity index (χ1v) is 8.49. The summed E-state index contributed by atoms with van der Waals surface area (Å²) in [6, 6.07) is 9.46. The molecule has 1 aliphatic heterocycles. The summed E-state index contributed by atoms with van der Waals surface area (Å²) in [6.45, 7) is 8.27. The first-order valence-electron chi connectivity index (χ1n) is 8.49. The molecule has 0 saturated carbocycles. The van der Waals surface area contributed by atoms with Gasteiger partial charge in [-0.2, -0.15) is 0 Å². The number of nitrogens with one attached hydrogen (secondary N) is 1. The maximum atomic E-state index is 12.4. The second-order valence-electron chi connectivity index (χ2n) is 7.36. The molecule has 0 aromatic heterocycles. The Kier molecular flexibility index (Phi) is 6.19. The van der Waals surface area contributed by atoms with Gasteiger partial charge in [-0.05, 0) is 19.4 Å². The van der Waals surface area contributed by atoms with Crippen LogP contribution in [0.4, 0.5) is 0 Å². The van der Waals surface area contributed by atoms with E-state index in [-0.39, 0.29) is 31.4 Å². The number of carbonyl (C=O) groups excluding carboxylic acids is 2. The molecule has 0 spiro atoms. The molecule has 1 unspecified atom stereocenters. The van der Waals surface area contributed by atoms with Crippen LogP contribution in [0.3, 0.4) is 0 Å². The summed E-state index contributed by atoms with van der Waals surface area (Å²) >= 11 is 0. The van der Waals surface area contributed by atoms with Crippen molar-refractivity contribution in [2.24, 2.45) is 5.41 Å². The monoisotopic (exact) mass is 349 g/mol. The molecule has 0 bridgehead atoms. The van der Waals surface area contributed by atoms with E-state index < -0.39 is 17.3 Å². The van der Waals surface area contributed by atoms with Crippen molar-refractivity contribution in [1.29, 1.82) is 0 Å². The summed E-state index contributed by atoms with van der Waals surface area (Å²) in [7, 11) is 0. The van der Waals surface area contributed by atoms with E-state index in [9.17, 15) is 9.59 Å². The standard InChI is InChI=1S/C19H27NO5/c1-18(2)13-24-19(3,4)25-16(18)17(22)20-11-10-15(21)23-12-14-8-6-5-7-9-14/h5-9,16H,10-13H2,1-4H3,(H,20,22). The van der Waals surface area contributed by atoms with Crippen LogP contribution in [0.15, 0.2) is 30.3 Å². The minimum absolute atomic E-state index is 0.117. The van der Waals surface area contributed by atoms with Crippen LogP contribution in [0.5, 0.6) is 0 Å². The second-order valence-corrected chi connectivity index (χ2v) is 7.36. The number of carbonyl (C=O) groups is 2. The smallest absolute Gasteiger partial charge is 0.307 e. The van der Waals surface area contributed by atoms with E-state index >= 15 is 0 Å². The molecule has 1 saturated heterocycles. The topological polar surface area (TPSA) is 73.9 Å². The van der Waals surface area contributed by atoms with E-state index in [0.717, 1.165) is 5.56 Å². The first-order chi connectivity index (χ1) is 11.7. The van der Waals surface area contributed by atoms with Crippen LogP contribution < -0.4 is 5.32 Å². The lowest BCUT2D eigenvalue weighted by Gasteiger charge is -2.44. The van der Waals surface area contributed by atoms with Crippen LogP contribution in [-0.4, -0.2) is 36.9 Å². The molecule has 0 aliphatic carbocycles. The lowest BCUT2D eigenvalue weighted by atomic mass is 9.85. The zero-order valence-electron chi connectivity index (χ0n) is 15.3. The zero-order chi connectivity index (χ0) is 18.5. The highest BCUT2D eigenvalue weighted by molar-refractivity contribution is 5.82. The zero-order valence-corrected chi connectivity index (χ0v) is 15.3. The van der Waals surface area contributed by atoms with Crippen molar-refractivity contribution < 1.29 is 23.8 Å². The van der Waals surface area contributed by atoms with Gasteiger partial charge in [0.05, 0.1) is 13.0 Å². The molecule has 1 aromatic carbocycles. The van der Waals surface area contributed by atoms with Crippen molar-refractivity contribution in [3.8, 4) is 0 Å². The van der Waals surface area contributed by atoms with Crippen molar-refractivity contribution in [2.45, 2.75) is 52.6 Å². The minimum Gasteiger partial charge on any atom is -0.461 e. The number of hydrogen-bond donors (Lipinski definition) is 1. The number of amides is 1. The fraction of sp³-hybridized carbons (Fsp3) is 0.579. The van der Waals surface area contributed by atoms with E-state index in [1.54, 1.807) is 13.8 Å². The van der Waals surface area contributed by atoms with E-state index in [1.165, 1.54) is 0 Å². The highest BCUT2D eigenvalue weighted by Gasteiger charge is 2.45. The average Bonchev–Trinajstić information content (AvgIpc) is 2.56. The summed E-state index contributed by atoms with van der Waals surface area (Å²) in [4.78, 5) is 24.2. The molecule has 6 nitrogen and oxygen atoms in total. The summed E-state index contributed by atoms with van der Waals surface area (Å²) < 4.78 is 16.6. The lowest BCUT2D eigenvalue weighted by Crippen LogP contribution is -2.56. The molecule has 2 rings (SSSR count). The molecule has 138 valence electrons. The normalized spacial score (nSPS) is 21.4. The summed E-state index contributed by atoms with van der Waals surface area (Å²) in [5.41, 5.74) is 0.493. The van der Waals surface area contributed by atoms with Gasteiger partial charge in [0.25, 0.3) is 0 Å². The molecule has 1 amide bonds. The molecule has 25 heavy (non-hydrogen) atoms. The molecule has 1 aromatic rings. The first kappa shape index (κ1) is 19.4. The van der Waals surface area contributed by atoms with Gasteiger partial charge >= 0.3 is 5.97 Å². The van der Waals surface area contributed by atoms with Crippen molar-refractivity contribution in [2.75, 3.05) is 13.2 Å². The fourth-order valence-corrected chi connectivity index (χ4v) is 2.51. The summed E-state index contributed by atoms with van der Waals surface area (Å²) in [5.74, 6) is -1.39. The molecule has 1 N–H and O–H groups in total. The SMILES string of the molecule is CC1(C)OCC(C)(C)C(C(=O)NCCC(=O)OCc2ccccc2)O1. The second kappa shape index (κ2) is 7.97. The Hall–Kier alpha value is -1.92. The van der Waals surface area contributed by atoms with Crippen molar-refractivity contribution >= 4 is 11.9 Å². The number of esters is 1. The molecule has 1 aliphatic rings. The quantitative estimate of drug-likeness (QED) is 0.799. The predicted molar refractivity (Wildman–Crippen MR) is 92.5 cm³/mol. The van der Waals surface area contributed by atoms with Crippen LogP contribution in [0.1, 0.15) is 39.7 Å². The van der Waals surface area contributed by atoms with E-state index in [0.29, 0.717) is 6.61 Å². The Labute approximate surface area is 148 Å². The van der Waals surface area contributed by atoms with Gasteiger partial charge in [0.15, 0.2) is 5.79 Å². The van der Waals surface area contributed by atoms with Crippen molar-refractivity contribution in [1.82, 2.24) is 5.32 Å².